The van der Waals surface area contributed by atoms with Crippen LogP contribution >= 0.6 is 0 Å². The first-order valence-electron chi connectivity index (χ1n) is 9.23. The van der Waals surface area contributed by atoms with E-state index >= 15 is 0 Å². The van der Waals surface area contributed by atoms with Gasteiger partial charge in [0.2, 0.25) is 5.95 Å². The van der Waals surface area contributed by atoms with Crippen LogP contribution in [0.1, 0.15) is 0 Å². The summed E-state index contributed by atoms with van der Waals surface area (Å²) in [5.74, 6) is 0.164. The lowest BCUT2D eigenvalue weighted by atomic mass is 10.3. The number of likely N-dealkylation sites (N-methyl/N-ethyl adjacent to an activating group) is 1. The monoisotopic (exact) mass is 449 g/mol. The van der Waals surface area contributed by atoms with Crippen LogP contribution in [0.15, 0.2) is 46.9 Å². The van der Waals surface area contributed by atoms with Crippen LogP contribution in [0, 0.1) is 0 Å². The normalized spacial score (nSPS) is 11.3. The van der Waals surface area contributed by atoms with Crippen molar-refractivity contribution in [2.24, 2.45) is 0 Å². The Morgan fingerprint density at radius 2 is 1.84 bits per heavy atom. The average Bonchev–Trinajstić information content (AvgIpc) is 3.25. The fraction of sp³-hybridized carbons (Fsp3) is 0.250. The number of aromatic nitrogens is 3. The van der Waals surface area contributed by atoms with Gasteiger partial charge in [0.05, 0.1) is 11.0 Å². The van der Waals surface area contributed by atoms with Crippen molar-refractivity contribution in [2.75, 3.05) is 26.0 Å². The van der Waals surface area contributed by atoms with E-state index in [-0.39, 0.29) is 23.5 Å². The predicted molar refractivity (Wildman–Crippen MR) is 107 cm³/mol. The summed E-state index contributed by atoms with van der Waals surface area (Å²) in [6.07, 6.45) is -4.52. The third-order valence-corrected chi connectivity index (χ3v) is 4.24. The topological polar surface area (TPSA) is 102 Å². The Labute approximate surface area is 179 Å². The van der Waals surface area contributed by atoms with E-state index in [2.05, 4.69) is 24.9 Å². The summed E-state index contributed by atoms with van der Waals surface area (Å²) in [6.45, 7) is 1.47. The Morgan fingerprint density at radius 1 is 1.12 bits per heavy atom. The molecule has 0 unspecified atom stereocenters. The number of oxazole rings is 1. The first-order chi connectivity index (χ1) is 15.2. The largest absolute Gasteiger partial charge is 0.573 e. The summed E-state index contributed by atoms with van der Waals surface area (Å²) in [7, 11) is 3.96. The van der Waals surface area contributed by atoms with Gasteiger partial charge in [-0.15, -0.1) is 13.2 Å². The first kappa shape index (κ1) is 22.8. The van der Waals surface area contributed by atoms with Crippen LogP contribution < -0.4 is 10.1 Å². The molecule has 4 rings (SSSR count). The van der Waals surface area contributed by atoms with Crippen LogP contribution in [0.25, 0.3) is 22.1 Å². The van der Waals surface area contributed by atoms with Crippen LogP contribution in [0.5, 0.6) is 5.75 Å². The van der Waals surface area contributed by atoms with E-state index in [4.69, 9.17) is 14.0 Å². The molecule has 32 heavy (non-hydrogen) atoms. The van der Waals surface area contributed by atoms with Crippen molar-refractivity contribution in [1.29, 1.82) is 0 Å². The highest BCUT2D eigenvalue weighted by Crippen LogP contribution is 2.29. The quantitative estimate of drug-likeness (QED) is 0.474. The number of rotatable bonds is 6. The average molecular weight is 449 g/mol. The Kier molecular flexibility index (Phi) is 6.76. The molecule has 0 fully saturated rings. The maximum Gasteiger partial charge on any atom is 0.573 e. The van der Waals surface area contributed by atoms with Gasteiger partial charge in [-0.2, -0.15) is 14.6 Å². The van der Waals surface area contributed by atoms with Crippen LogP contribution in [0.2, 0.25) is 0 Å². The molecule has 1 N–H and O–H groups in total. The predicted octanol–water partition coefficient (Wildman–Crippen LogP) is 3.80. The molecule has 0 amide bonds. The molecular formula is C20H18F3N5O4. The highest BCUT2D eigenvalue weighted by atomic mass is 19.4. The lowest BCUT2D eigenvalue weighted by molar-refractivity contribution is -0.274. The molecule has 0 aliphatic rings. The van der Waals surface area contributed by atoms with Crippen molar-refractivity contribution in [3.05, 3.63) is 42.5 Å². The lowest BCUT2D eigenvalue weighted by Crippen LogP contribution is -2.19. The summed E-state index contributed by atoms with van der Waals surface area (Å²) in [6, 6.07) is 11.6. The lowest BCUT2D eigenvalue weighted by Gasteiger charge is -2.13. The van der Waals surface area contributed by atoms with E-state index < -0.39 is 6.36 Å². The Morgan fingerprint density at radius 3 is 2.53 bits per heavy atom. The van der Waals surface area contributed by atoms with Gasteiger partial charge >= 0.3 is 18.5 Å². The summed E-state index contributed by atoms with van der Waals surface area (Å²) in [5.41, 5.74) is 2.34. The maximum absolute atomic E-state index is 12.4. The summed E-state index contributed by atoms with van der Waals surface area (Å²) in [4.78, 5) is 27.2. The van der Waals surface area contributed by atoms with Crippen LogP contribution in [-0.4, -0.2) is 52.6 Å². The molecule has 2 aromatic heterocycles. The number of benzene rings is 2. The number of para-hydroxylation sites is 2. The zero-order chi connectivity index (χ0) is 23.3. The Balaban J connectivity index is 0.000000913. The molecule has 168 valence electrons. The number of alkyl halides is 3. The van der Waals surface area contributed by atoms with E-state index in [0.717, 1.165) is 23.6 Å². The van der Waals surface area contributed by atoms with Gasteiger partial charge in [0, 0.05) is 19.2 Å². The molecule has 0 saturated carbocycles. The molecule has 0 radical (unpaired) electrons. The molecule has 2 heterocycles. The van der Waals surface area contributed by atoms with Crippen molar-refractivity contribution < 1.29 is 31.9 Å². The third-order valence-electron chi connectivity index (χ3n) is 4.24. The molecule has 0 saturated heterocycles. The van der Waals surface area contributed by atoms with Crippen molar-refractivity contribution in [3.63, 3.8) is 0 Å². The molecule has 12 heteroatoms. The number of fused-ring (bicyclic) bond motifs is 2. The van der Waals surface area contributed by atoms with E-state index in [9.17, 15) is 13.2 Å². The van der Waals surface area contributed by atoms with Gasteiger partial charge in [-0.3, -0.25) is 5.32 Å². The number of hydrogen-bond acceptors (Lipinski definition) is 8. The summed E-state index contributed by atoms with van der Waals surface area (Å²) in [5, 5.41) is 3.04. The highest BCUT2D eigenvalue weighted by Gasteiger charge is 2.31. The number of halogens is 3. The van der Waals surface area contributed by atoms with Crippen LogP contribution in [-0.2, 0) is 16.1 Å². The zero-order valence-corrected chi connectivity index (χ0v) is 17.0. The van der Waals surface area contributed by atoms with Gasteiger partial charge in [-0.25, -0.2) is 4.98 Å². The second-order valence-electron chi connectivity index (χ2n) is 6.78. The van der Waals surface area contributed by atoms with E-state index in [1.165, 1.54) is 12.1 Å². The minimum absolute atomic E-state index is 0.130. The van der Waals surface area contributed by atoms with Crippen molar-refractivity contribution in [2.45, 2.75) is 12.9 Å². The molecule has 9 nitrogen and oxygen atoms in total. The number of ether oxygens (including phenoxy) is 1. The Bertz CT molecular complexity index is 1240. The van der Waals surface area contributed by atoms with Gasteiger partial charge in [0.15, 0.2) is 5.58 Å². The van der Waals surface area contributed by atoms with Gasteiger partial charge in [-0.05, 0) is 38.4 Å². The number of nitrogens with one attached hydrogen (secondary N) is 1. The number of imidazole rings is 1. The SMILES string of the molecule is CN(C)CCn1c(Nc2nc3ccc(OC(F)(F)F)cc3o2)nc2ccccc21.O=C=O. The number of carbonyl (C=O) groups excluding carboxylic acids is 2. The number of hydrogen-bond donors (Lipinski definition) is 1. The van der Waals surface area contributed by atoms with Crippen molar-refractivity contribution >= 4 is 40.2 Å². The fourth-order valence-electron chi connectivity index (χ4n) is 2.95. The van der Waals surface area contributed by atoms with E-state index in [1.807, 2.05) is 42.9 Å². The smallest absolute Gasteiger partial charge is 0.423 e. The van der Waals surface area contributed by atoms with Gasteiger partial charge in [-0.1, -0.05) is 12.1 Å². The van der Waals surface area contributed by atoms with Gasteiger partial charge in [0.25, 0.3) is 0 Å². The Hall–Kier alpha value is -3.89. The molecule has 0 aliphatic heterocycles. The summed E-state index contributed by atoms with van der Waals surface area (Å²) < 4.78 is 48.7. The molecule has 0 spiro atoms. The van der Waals surface area contributed by atoms with Crippen LogP contribution in [0.4, 0.5) is 25.1 Å². The second-order valence-corrected chi connectivity index (χ2v) is 6.78. The molecule has 0 aliphatic carbocycles. The first-order valence-corrected chi connectivity index (χ1v) is 9.23. The van der Waals surface area contributed by atoms with Gasteiger partial charge < -0.3 is 18.6 Å². The number of nitrogens with zero attached hydrogens (tertiary/aromatic N) is 4. The maximum atomic E-state index is 12.4. The van der Waals surface area contributed by atoms with Crippen molar-refractivity contribution in [1.82, 2.24) is 19.4 Å². The zero-order valence-electron chi connectivity index (χ0n) is 17.0. The van der Waals surface area contributed by atoms with Gasteiger partial charge in [0.1, 0.15) is 11.3 Å². The number of anilines is 2. The second kappa shape index (κ2) is 9.50. The molecule has 0 bridgehead atoms. The molecular weight excluding hydrogens is 431 g/mol. The molecule has 4 aromatic rings. The minimum Gasteiger partial charge on any atom is -0.423 e. The van der Waals surface area contributed by atoms with E-state index in [0.29, 0.717) is 18.0 Å². The van der Waals surface area contributed by atoms with Crippen molar-refractivity contribution in [3.8, 4) is 5.75 Å². The standard InChI is InChI=1S/C19H18F3N5O2.CO2/c1-26(2)9-10-27-15-6-4-3-5-13(15)23-17(27)25-18-24-14-8-7-12(11-16(14)28-18)29-19(20,21)22;2-1-3/h3-8,11H,9-10H2,1-2H3,(H,23,24,25);. The minimum atomic E-state index is -4.77. The third kappa shape index (κ3) is 5.62. The summed E-state index contributed by atoms with van der Waals surface area (Å²) >= 11 is 0. The molecule has 2 aromatic carbocycles. The van der Waals surface area contributed by atoms with Crippen LogP contribution in [0.3, 0.4) is 0 Å². The fourth-order valence-corrected chi connectivity index (χ4v) is 2.95. The highest BCUT2D eigenvalue weighted by molar-refractivity contribution is 5.80. The molecule has 0 atom stereocenters. The van der Waals surface area contributed by atoms with E-state index in [1.54, 1.807) is 0 Å².